The van der Waals surface area contributed by atoms with Crippen LogP contribution < -0.4 is 5.73 Å². The number of pyridine rings is 1. The molecule has 4 nitrogen and oxygen atoms in total. The van der Waals surface area contributed by atoms with E-state index in [9.17, 15) is 4.79 Å². The molecule has 4 heteroatoms. The molecule has 90 valence electrons. The highest BCUT2D eigenvalue weighted by Crippen LogP contribution is 2.24. The van der Waals surface area contributed by atoms with Crippen LogP contribution in [0.4, 0.5) is 0 Å². The largest absolute Gasteiger partial charge is 0.364 e. The first-order valence-corrected chi connectivity index (χ1v) is 5.89. The van der Waals surface area contributed by atoms with Gasteiger partial charge in [-0.25, -0.2) is 0 Å². The maximum Gasteiger partial charge on any atom is 0.265 e. The molecule has 0 aliphatic rings. The molecular weight excluding hydrogens is 214 g/mol. The third-order valence-electron chi connectivity index (χ3n) is 3.09. The smallest absolute Gasteiger partial charge is 0.265 e. The van der Waals surface area contributed by atoms with E-state index < -0.39 is 0 Å². The molecule has 1 amide bonds. The van der Waals surface area contributed by atoms with Gasteiger partial charge in [0.25, 0.3) is 5.91 Å². The summed E-state index contributed by atoms with van der Waals surface area (Å²) in [6.45, 7) is 4.87. The fourth-order valence-electron chi connectivity index (χ4n) is 2.23. The lowest BCUT2D eigenvalue weighted by molar-refractivity contribution is 0.0991. The average Bonchev–Trinajstić information content (AvgIpc) is 2.60. The molecule has 0 aliphatic heterocycles. The van der Waals surface area contributed by atoms with Crippen LogP contribution in [0.5, 0.6) is 0 Å². The van der Waals surface area contributed by atoms with Gasteiger partial charge in [0.15, 0.2) is 0 Å². The normalized spacial score (nSPS) is 10.9. The van der Waals surface area contributed by atoms with Crippen molar-refractivity contribution in [2.24, 2.45) is 5.73 Å². The highest BCUT2D eigenvalue weighted by atomic mass is 16.1. The van der Waals surface area contributed by atoms with Gasteiger partial charge in [0.2, 0.25) is 0 Å². The van der Waals surface area contributed by atoms with Crippen LogP contribution in [0.25, 0.3) is 10.9 Å². The number of aryl methyl sites for hydroxylation is 2. The monoisotopic (exact) mass is 231 g/mol. The Balaban J connectivity index is 2.67. The van der Waals surface area contributed by atoms with E-state index in [-0.39, 0.29) is 5.91 Å². The van der Waals surface area contributed by atoms with E-state index in [2.05, 4.69) is 11.9 Å². The molecule has 2 aromatic rings. The number of primary amides is 1. The van der Waals surface area contributed by atoms with Crippen molar-refractivity contribution in [3.05, 3.63) is 29.7 Å². The fourth-order valence-corrected chi connectivity index (χ4v) is 2.23. The Kier molecular flexibility index (Phi) is 3.13. The third kappa shape index (κ3) is 1.90. The Morgan fingerprint density at radius 1 is 1.53 bits per heavy atom. The predicted molar refractivity (Wildman–Crippen MR) is 67.9 cm³/mol. The van der Waals surface area contributed by atoms with Crippen LogP contribution in [0.2, 0.25) is 0 Å². The first kappa shape index (κ1) is 11.6. The summed E-state index contributed by atoms with van der Waals surface area (Å²) in [4.78, 5) is 15.7. The lowest BCUT2D eigenvalue weighted by atomic mass is 10.2. The van der Waals surface area contributed by atoms with Gasteiger partial charge in [0.05, 0.1) is 5.52 Å². The number of fused-ring (bicyclic) bond motifs is 1. The van der Waals surface area contributed by atoms with Crippen LogP contribution in [-0.4, -0.2) is 15.5 Å². The topological polar surface area (TPSA) is 60.9 Å². The highest BCUT2D eigenvalue weighted by Gasteiger charge is 2.17. The third-order valence-corrected chi connectivity index (χ3v) is 3.09. The zero-order chi connectivity index (χ0) is 12.4. The van der Waals surface area contributed by atoms with Crippen LogP contribution in [0, 0.1) is 6.92 Å². The van der Waals surface area contributed by atoms with E-state index in [1.54, 1.807) is 12.4 Å². The number of nitrogens with two attached hydrogens (primary N) is 1. The van der Waals surface area contributed by atoms with E-state index in [0.717, 1.165) is 35.9 Å². The molecule has 0 saturated heterocycles. The van der Waals surface area contributed by atoms with Gasteiger partial charge < -0.3 is 10.3 Å². The number of aromatic nitrogens is 2. The Labute approximate surface area is 100 Å². The van der Waals surface area contributed by atoms with Gasteiger partial charge in [0, 0.05) is 24.3 Å². The number of carbonyl (C=O) groups is 1. The first-order chi connectivity index (χ1) is 8.16. The Morgan fingerprint density at radius 3 is 2.94 bits per heavy atom. The molecule has 0 radical (unpaired) electrons. The maximum absolute atomic E-state index is 11.6. The van der Waals surface area contributed by atoms with Crippen molar-refractivity contribution in [1.82, 2.24) is 9.55 Å². The Hall–Kier alpha value is -1.84. The molecule has 17 heavy (non-hydrogen) atoms. The number of nitrogens with zero attached hydrogens (tertiary/aromatic N) is 2. The summed E-state index contributed by atoms with van der Waals surface area (Å²) in [6, 6.07) is 1.93. The molecule has 0 aromatic carbocycles. The fraction of sp³-hybridized carbons (Fsp3) is 0.385. The molecule has 0 spiro atoms. The van der Waals surface area contributed by atoms with E-state index in [1.807, 2.05) is 17.6 Å². The summed E-state index contributed by atoms with van der Waals surface area (Å²) in [5, 5.41) is 1.01. The summed E-state index contributed by atoms with van der Waals surface area (Å²) < 4.78 is 2.01. The van der Waals surface area contributed by atoms with Crippen molar-refractivity contribution < 1.29 is 4.79 Å². The summed E-state index contributed by atoms with van der Waals surface area (Å²) in [5.41, 5.74) is 8.05. The summed E-state index contributed by atoms with van der Waals surface area (Å²) in [7, 11) is 0. The van der Waals surface area contributed by atoms with E-state index >= 15 is 0 Å². The summed E-state index contributed by atoms with van der Waals surface area (Å²) in [6.07, 6.45) is 5.66. The van der Waals surface area contributed by atoms with E-state index in [0.29, 0.717) is 5.69 Å². The van der Waals surface area contributed by atoms with Crippen molar-refractivity contribution in [3.63, 3.8) is 0 Å². The Morgan fingerprint density at radius 2 is 2.29 bits per heavy atom. The summed E-state index contributed by atoms with van der Waals surface area (Å²) >= 11 is 0. The van der Waals surface area contributed by atoms with E-state index in [4.69, 9.17) is 5.73 Å². The number of rotatable bonds is 4. The van der Waals surface area contributed by atoms with Crippen LogP contribution in [-0.2, 0) is 6.54 Å². The molecule has 0 saturated carbocycles. The molecule has 0 aliphatic carbocycles. The standard InChI is InChI=1S/C13H17N3O/c1-3-4-7-16-11-5-6-15-8-10(11)9(2)12(16)13(14)17/h5-6,8H,3-4,7H2,1-2H3,(H2,14,17). The van der Waals surface area contributed by atoms with Crippen molar-refractivity contribution in [2.45, 2.75) is 33.2 Å². The van der Waals surface area contributed by atoms with Gasteiger partial charge in [-0.05, 0) is 25.0 Å². The lowest BCUT2D eigenvalue weighted by Crippen LogP contribution is -2.18. The second kappa shape index (κ2) is 4.57. The van der Waals surface area contributed by atoms with Gasteiger partial charge in [-0.15, -0.1) is 0 Å². The molecule has 2 rings (SSSR count). The van der Waals surface area contributed by atoms with Crippen LogP contribution in [0.3, 0.4) is 0 Å². The van der Waals surface area contributed by atoms with E-state index in [1.165, 1.54) is 0 Å². The predicted octanol–water partition coefficient (Wildman–Crippen LogP) is 2.24. The zero-order valence-corrected chi connectivity index (χ0v) is 10.2. The molecule has 0 unspecified atom stereocenters. The van der Waals surface area contributed by atoms with Crippen molar-refractivity contribution in [3.8, 4) is 0 Å². The molecule has 2 heterocycles. The SMILES string of the molecule is CCCCn1c(C(N)=O)c(C)c2cnccc21. The molecule has 0 fully saturated rings. The average molecular weight is 231 g/mol. The minimum absolute atomic E-state index is 0.366. The molecular formula is C13H17N3O. The van der Waals surface area contributed by atoms with Gasteiger partial charge in [-0.1, -0.05) is 13.3 Å². The van der Waals surface area contributed by atoms with Crippen molar-refractivity contribution in [2.75, 3.05) is 0 Å². The minimum atomic E-state index is -0.366. The summed E-state index contributed by atoms with van der Waals surface area (Å²) in [5.74, 6) is -0.366. The number of hydrogen-bond acceptors (Lipinski definition) is 2. The quantitative estimate of drug-likeness (QED) is 0.877. The maximum atomic E-state index is 11.6. The molecule has 2 aromatic heterocycles. The van der Waals surface area contributed by atoms with Gasteiger partial charge in [0.1, 0.15) is 5.69 Å². The zero-order valence-electron chi connectivity index (χ0n) is 10.2. The molecule has 2 N–H and O–H groups in total. The van der Waals surface area contributed by atoms with Crippen LogP contribution >= 0.6 is 0 Å². The van der Waals surface area contributed by atoms with Gasteiger partial charge in [-0.2, -0.15) is 0 Å². The van der Waals surface area contributed by atoms with Gasteiger partial charge in [-0.3, -0.25) is 9.78 Å². The highest BCUT2D eigenvalue weighted by molar-refractivity contribution is 6.00. The minimum Gasteiger partial charge on any atom is -0.364 e. The number of carbonyl (C=O) groups excluding carboxylic acids is 1. The molecule has 0 atom stereocenters. The van der Waals surface area contributed by atoms with Crippen molar-refractivity contribution in [1.29, 1.82) is 0 Å². The molecule has 0 bridgehead atoms. The van der Waals surface area contributed by atoms with Crippen molar-refractivity contribution >= 4 is 16.8 Å². The van der Waals surface area contributed by atoms with Crippen LogP contribution in [0.15, 0.2) is 18.5 Å². The second-order valence-corrected chi connectivity index (χ2v) is 4.24. The van der Waals surface area contributed by atoms with Crippen LogP contribution in [0.1, 0.15) is 35.8 Å². The number of amides is 1. The van der Waals surface area contributed by atoms with Gasteiger partial charge >= 0.3 is 0 Å². The second-order valence-electron chi connectivity index (χ2n) is 4.24. The lowest BCUT2D eigenvalue weighted by Gasteiger charge is -2.07. The first-order valence-electron chi connectivity index (χ1n) is 5.89. The number of unbranched alkanes of at least 4 members (excludes halogenated alkanes) is 1. The Bertz CT molecular complexity index is 557. The number of hydrogen-bond donors (Lipinski definition) is 1.